The molecule has 0 aromatic heterocycles. The Kier molecular flexibility index (Phi) is 12.1. The van der Waals surface area contributed by atoms with Crippen LogP contribution >= 0.6 is 55.1 Å². The molecule has 0 aliphatic rings. The Morgan fingerprint density at radius 3 is 1.26 bits per heavy atom. The summed E-state index contributed by atoms with van der Waals surface area (Å²) in [5.41, 5.74) is 4.13. The molecule has 2 N–H and O–H groups in total. The number of carbonyl (C=O) groups excluding carboxylic acids is 1. The zero-order chi connectivity index (χ0) is 28.4. The highest BCUT2D eigenvalue weighted by Gasteiger charge is 2.19. The lowest BCUT2D eigenvalue weighted by Gasteiger charge is -2.17. The van der Waals surface area contributed by atoms with Crippen molar-refractivity contribution in [1.29, 1.82) is 0 Å². The van der Waals surface area contributed by atoms with Crippen LogP contribution in [0.15, 0.2) is 106 Å². The van der Waals surface area contributed by atoms with Crippen molar-refractivity contribution in [2.24, 2.45) is 0 Å². The highest BCUT2D eigenvalue weighted by Crippen LogP contribution is 2.31. The van der Waals surface area contributed by atoms with E-state index >= 15 is 0 Å². The fourth-order valence-electron chi connectivity index (χ4n) is 4.10. The predicted octanol–water partition coefficient (Wildman–Crippen LogP) is 9.08. The molecule has 4 nitrogen and oxygen atoms in total. The van der Waals surface area contributed by atoms with E-state index in [4.69, 9.17) is 28.3 Å². The molecule has 202 valence electrons. The molecule has 4 rings (SSSR count). The van der Waals surface area contributed by atoms with Gasteiger partial charge in [-0.1, -0.05) is 104 Å². The van der Waals surface area contributed by atoms with Gasteiger partial charge in [0.1, 0.15) is 0 Å². The van der Waals surface area contributed by atoms with Gasteiger partial charge in [0.05, 0.1) is 6.42 Å². The largest absolute Gasteiger partial charge is 0.481 e. The van der Waals surface area contributed by atoms with E-state index < -0.39 is 5.97 Å². The fraction of sp³-hybridized carbons (Fsp3) is 0.161. The van der Waals surface area contributed by atoms with Crippen LogP contribution in [-0.2, 0) is 9.59 Å². The summed E-state index contributed by atoms with van der Waals surface area (Å²) in [5.74, 6) is -0.932. The second kappa shape index (κ2) is 15.2. The zero-order valence-electron chi connectivity index (χ0n) is 21.1. The van der Waals surface area contributed by atoms with E-state index in [0.717, 1.165) is 31.2 Å². The summed E-state index contributed by atoms with van der Waals surface area (Å²) in [5, 5.41) is 13.1. The second-order valence-electron chi connectivity index (χ2n) is 8.79. The summed E-state index contributed by atoms with van der Waals surface area (Å²) in [7, 11) is 1.66. The van der Waals surface area contributed by atoms with Gasteiger partial charge in [-0.25, -0.2) is 0 Å². The lowest BCUT2D eigenvalue weighted by atomic mass is 9.88. The maximum Gasteiger partial charge on any atom is 0.304 e. The van der Waals surface area contributed by atoms with Gasteiger partial charge in [-0.2, -0.15) is 0 Å². The molecule has 0 spiro atoms. The first kappa shape index (κ1) is 30.9. The van der Waals surface area contributed by atoms with Crippen LogP contribution in [0.1, 0.15) is 46.9 Å². The van der Waals surface area contributed by atoms with Crippen molar-refractivity contribution in [2.75, 3.05) is 7.05 Å². The van der Waals surface area contributed by atoms with E-state index in [1.165, 1.54) is 0 Å². The number of benzene rings is 4. The smallest absolute Gasteiger partial charge is 0.304 e. The molecule has 0 fully saturated rings. The van der Waals surface area contributed by atoms with Crippen LogP contribution in [0.4, 0.5) is 0 Å². The summed E-state index contributed by atoms with van der Waals surface area (Å²) >= 11 is 18.6. The van der Waals surface area contributed by atoms with E-state index in [0.29, 0.717) is 16.5 Å². The molecule has 0 heterocycles. The summed E-state index contributed by atoms with van der Waals surface area (Å²) in [6.07, 6.45) is 0.475. The monoisotopic (exact) mass is 689 g/mol. The molecule has 0 aliphatic heterocycles. The Balaban J connectivity index is 0.000000216. The number of aliphatic carboxylic acids is 1. The summed E-state index contributed by atoms with van der Waals surface area (Å²) < 4.78 is 2.00. The first-order valence-electron chi connectivity index (χ1n) is 12.1. The average Bonchev–Trinajstić information content (AvgIpc) is 2.93. The molecule has 0 saturated heterocycles. The van der Waals surface area contributed by atoms with E-state index in [-0.39, 0.29) is 24.2 Å². The first-order chi connectivity index (χ1) is 18.7. The minimum Gasteiger partial charge on any atom is -0.481 e. The lowest BCUT2D eigenvalue weighted by Crippen LogP contribution is -2.21. The van der Waals surface area contributed by atoms with Gasteiger partial charge in [-0.05, 0) is 70.8 Å². The number of hydrogen-bond acceptors (Lipinski definition) is 2. The molecule has 4 aromatic carbocycles. The quantitative estimate of drug-likeness (QED) is 0.194. The summed E-state index contributed by atoms with van der Waals surface area (Å²) in [6.45, 7) is 0. The van der Waals surface area contributed by atoms with Crippen LogP contribution in [-0.4, -0.2) is 24.0 Å². The molecule has 39 heavy (non-hydrogen) atoms. The molecular weight excluding hydrogens is 665 g/mol. The summed E-state index contributed by atoms with van der Waals surface area (Å²) in [4.78, 5) is 22.8. The highest BCUT2D eigenvalue weighted by molar-refractivity contribution is 9.10. The SMILES string of the molecule is CNC(=O)CC(c1ccc(Cl)cc1)c1ccc(Br)cc1.O=C(O)CC(c1ccc(Cl)cc1)c1ccc(Br)cc1. The molecule has 2 atom stereocenters. The fourth-order valence-corrected chi connectivity index (χ4v) is 4.88. The molecule has 8 heteroatoms. The summed E-state index contributed by atoms with van der Waals surface area (Å²) in [6, 6.07) is 30.7. The third kappa shape index (κ3) is 9.80. The van der Waals surface area contributed by atoms with Gasteiger partial charge in [-0.3, -0.25) is 9.59 Å². The van der Waals surface area contributed by atoms with E-state index in [9.17, 15) is 9.59 Å². The Labute approximate surface area is 255 Å². The maximum absolute atomic E-state index is 11.8. The van der Waals surface area contributed by atoms with Gasteiger partial charge in [0, 0.05) is 44.3 Å². The van der Waals surface area contributed by atoms with Crippen molar-refractivity contribution in [2.45, 2.75) is 24.7 Å². The third-order valence-corrected chi connectivity index (χ3v) is 7.70. The Bertz CT molecular complexity index is 1270. The van der Waals surface area contributed by atoms with Gasteiger partial charge in [0.2, 0.25) is 5.91 Å². The third-order valence-electron chi connectivity index (χ3n) is 6.14. The molecule has 0 aliphatic carbocycles. The molecular formula is C31H27Br2Cl2NO3. The van der Waals surface area contributed by atoms with Crippen LogP contribution in [0.2, 0.25) is 10.0 Å². The maximum atomic E-state index is 11.8. The van der Waals surface area contributed by atoms with Crippen molar-refractivity contribution in [3.8, 4) is 0 Å². The van der Waals surface area contributed by atoms with Crippen molar-refractivity contribution in [3.05, 3.63) is 138 Å². The van der Waals surface area contributed by atoms with Gasteiger partial charge in [-0.15, -0.1) is 0 Å². The van der Waals surface area contributed by atoms with Crippen LogP contribution in [0.5, 0.6) is 0 Å². The van der Waals surface area contributed by atoms with Crippen LogP contribution < -0.4 is 5.32 Å². The van der Waals surface area contributed by atoms with Gasteiger partial charge in [0.15, 0.2) is 0 Å². The number of halogens is 4. The first-order valence-corrected chi connectivity index (χ1v) is 14.4. The molecule has 0 saturated carbocycles. The molecule has 0 bridgehead atoms. The van der Waals surface area contributed by atoms with Crippen LogP contribution in [0, 0.1) is 0 Å². The van der Waals surface area contributed by atoms with Gasteiger partial charge in [0.25, 0.3) is 0 Å². The second-order valence-corrected chi connectivity index (χ2v) is 11.5. The predicted molar refractivity (Wildman–Crippen MR) is 166 cm³/mol. The zero-order valence-corrected chi connectivity index (χ0v) is 25.8. The number of rotatable bonds is 8. The topological polar surface area (TPSA) is 66.4 Å². The Morgan fingerprint density at radius 2 is 0.949 bits per heavy atom. The van der Waals surface area contributed by atoms with Gasteiger partial charge >= 0.3 is 5.97 Å². The number of carboxylic acid groups (broad SMARTS) is 1. The Hall–Kier alpha value is -2.64. The van der Waals surface area contributed by atoms with Crippen molar-refractivity contribution in [1.82, 2.24) is 5.32 Å². The highest BCUT2D eigenvalue weighted by atomic mass is 79.9. The average molecular weight is 692 g/mol. The normalized spacial score (nSPS) is 12.0. The van der Waals surface area contributed by atoms with E-state index in [2.05, 4.69) is 37.2 Å². The minimum atomic E-state index is -0.817. The standard InChI is InChI=1S/C16H15BrClNO.C15H12BrClO2/c1-19-16(20)10-15(11-2-6-13(17)7-3-11)12-4-8-14(18)9-5-12;16-12-5-1-10(2-6-12)14(9-15(18)19)11-3-7-13(17)8-4-11/h2-9,15H,10H2,1H3,(H,19,20);1-8,14H,9H2,(H,18,19). The van der Waals surface area contributed by atoms with Crippen molar-refractivity contribution < 1.29 is 14.7 Å². The Morgan fingerprint density at radius 1 is 0.641 bits per heavy atom. The van der Waals surface area contributed by atoms with E-state index in [1.807, 2.05) is 84.9 Å². The number of hydrogen-bond donors (Lipinski definition) is 2. The molecule has 1 amide bonds. The number of amides is 1. The van der Waals surface area contributed by atoms with Crippen molar-refractivity contribution in [3.63, 3.8) is 0 Å². The van der Waals surface area contributed by atoms with Crippen LogP contribution in [0.3, 0.4) is 0 Å². The van der Waals surface area contributed by atoms with Crippen molar-refractivity contribution >= 4 is 66.9 Å². The minimum absolute atomic E-state index is 0.0212. The number of nitrogens with one attached hydrogen (secondary N) is 1. The molecule has 2 unspecified atom stereocenters. The number of carboxylic acids is 1. The lowest BCUT2D eigenvalue weighted by molar-refractivity contribution is -0.137. The van der Waals surface area contributed by atoms with Crippen LogP contribution in [0.25, 0.3) is 0 Å². The molecule has 4 aromatic rings. The van der Waals surface area contributed by atoms with Gasteiger partial charge < -0.3 is 10.4 Å². The van der Waals surface area contributed by atoms with E-state index in [1.54, 1.807) is 19.2 Å². The molecule has 0 radical (unpaired) electrons. The number of carbonyl (C=O) groups is 2.